The number of carbonyl (C=O) groups excluding carboxylic acids is 1. The van der Waals surface area contributed by atoms with Crippen LogP contribution in [0, 0.1) is 16.7 Å². The third-order valence-corrected chi connectivity index (χ3v) is 6.14. The first-order chi connectivity index (χ1) is 9.49. The quantitative estimate of drug-likeness (QED) is 0.687. The lowest BCUT2D eigenvalue weighted by Gasteiger charge is -2.30. The van der Waals surface area contributed by atoms with E-state index in [9.17, 15) is 18.5 Å². The Labute approximate surface area is 120 Å². The monoisotopic (exact) mass is 298 g/mol. The molecule has 1 aliphatic carbocycles. The van der Waals surface area contributed by atoms with E-state index < -0.39 is 15.3 Å². The van der Waals surface area contributed by atoms with Crippen LogP contribution in [-0.4, -0.2) is 43.8 Å². The number of carbonyl (C=O) groups is 1. The molecule has 1 amide bonds. The van der Waals surface area contributed by atoms with Crippen molar-refractivity contribution in [1.82, 2.24) is 4.90 Å². The standard InChI is InChI=1S/C14H22N2O3S/c15-12-14(6-3-1-2-4-7-14)13(17)16-8-5-10-20(18,19)11-9-16/h1-11H2. The molecule has 1 saturated carbocycles. The molecular weight excluding hydrogens is 276 g/mol. The molecule has 0 bridgehead atoms. The van der Waals surface area contributed by atoms with E-state index in [1.54, 1.807) is 4.90 Å². The highest BCUT2D eigenvalue weighted by molar-refractivity contribution is 7.91. The maximum atomic E-state index is 12.7. The van der Waals surface area contributed by atoms with Crippen molar-refractivity contribution >= 4 is 15.7 Å². The zero-order chi connectivity index (χ0) is 14.6. The molecule has 5 nitrogen and oxygen atoms in total. The molecule has 1 saturated heterocycles. The van der Waals surface area contributed by atoms with Crippen LogP contribution in [0.4, 0.5) is 0 Å². The van der Waals surface area contributed by atoms with Crippen LogP contribution in [0.5, 0.6) is 0 Å². The molecule has 0 radical (unpaired) electrons. The van der Waals surface area contributed by atoms with Crippen LogP contribution in [0.25, 0.3) is 0 Å². The number of amides is 1. The fraction of sp³-hybridized carbons (Fsp3) is 0.857. The second kappa shape index (κ2) is 6.13. The van der Waals surface area contributed by atoms with Gasteiger partial charge in [-0.15, -0.1) is 0 Å². The van der Waals surface area contributed by atoms with Gasteiger partial charge in [0.2, 0.25) is 5.91 Å². The number of nitriles is 1. The Morgan fingerprint density at radius 3 is 2.25 bits per heavy atom. The largest absolute Gasteiger partial charge is 0.340 e. The van der Waals surface area contributed by atoms with Crippen LogP contribution in [0.2, 0.25) is 0 Å². The zero-order valence-electron chi connectivity index (χ0n) is 11.8. The van der Waals surface area contributed by atoms with Gasteiger partial charge in [-0.3, -0.25) is 4.79 Å². The SMILES string of the molecule is N#CC1(C(=O)N2CCCS(=O)(=O)CC2)CCCCCC1. The van der Waals surface area contributed by atoms with Crippen LogP contribution in [0.15, 0.2) is 0 Å². The first-order valence-electron chi connectivity index (χ1n) is 7.40. The second-order valence-electron chi connectivity index (χ2n) is 5.91. The van der Waals surface area contributed by atoms with Gasteiger partial charge in [-0.25, -0.2) is 8.42 Å². The predicted molar refractivity (Wildman–Crippen MR) is 75.6 cm³/mol. The summed E-state index contributed by atoms with van der Waals surface area (Å²) in [5.41, 5.74) is -0.912. The van der Waals surface area contributed by atoms with E-state index in [1.165, 1.54) is 0 Å². The van der Waals surface area contributed by atoms with Gasteiger partial charge in [-0.05, 0) is 19.3 Å². The minimum absolute atomic E-state index is 0.0280. The summed E-state index contributed by atoms with van der Waals surface area (Å²) < 4.78 is 23.2. The molecule has 0 aromatic rings. The maximum absolute atomic E-state index is 12.7. The maximum Gasteiger partial charge on any atom is 0.243 e. The Bertz CT molecular complexity index is 499. The van der Waals surface area contributed by atoms with Crippen molar-refractivity contribution in [2.75, 3.05) is 24.6 Å². The number of rotatable bonds is 1. The van der Waals surface area contributed by atoms with E-state index in [-0.39, 0.29) is 24.0 Å². The van der Waals surface area contributed by atoms with E-state index in [2.05, 4.69) is 6.07 Å². The highest BCUT2D eigenvalue weighted by Gasteiger charge is 2.42. The lowest BCUT2D eigenvalue weighted by molar-refractivity contribution is -0.139. The predicted octanol–water partition coefficient (Wildman–Crippen LogP) is 1.50. The summed E-state index contributed by atoms with van der Waals surface area (Å²) in [6, 6.07) is 2.25. The molecule has 0 unspecified atom stereocenters. The van der Waals surface area contributed by atoms with Crippen LogP contribution in [-0.2, 0) is 14.6 Å². The second-order valence-corrected chi connectivity index (χ2v) is 8.21. The molecule has 2 rings (SSSR count). The van der Waals surface area contributed by atoms with Gasteiger partial charge in [0, 0.05) is 13.1 Å². The Morgan fingerprint density at radius 1 is 1.00 bits per heavy atom. The molecule has 0 atom stereocenters. The zero-order valence-corrected chi connectivity index (χ0v) is 12.6. The van der Waals surface area contributed by atoms with E-state index >= 15 is 0 Å². The molecule has 20 heavy (non-hydrogen) atoms. The Balaban J connectivity index is 2.14. The Morgan fingerprint density at radius 2 is 1.65 bits per heavy atom. The third-order valence-electron chi connectivity index (χ3n) is 4.42. The van der Waals surface area contributed by atoms with Crippen LogP contribution < -0.4 is 0 Å². The molecule has 1 heterocycles. The first kappa shape index (κ1) is 15.3. The average molecular weight is 298 g/mol. The van der Waals surface area contributed by atoms with Crippen LogP contribution in [0.3, 0.4) is 0 Å². The van der Waals surface area contributed by atoms with E-state index in [1.807, 2.05) is 0 Å². The highest BCUT2D eigenvalue weighted by Crippen LogP contribution is 2.36. The topological polar surface area (TPSA) is 78.2 Å². The molecular formula is C14H22N2O3S. The smallest absolute Gasteiger partial charge is 0.243 e. The summed E-state index contributed by atoms with van der Waals surface area (Å²) in [4.78, 5) is 14.3. The lowest BCUT2D eigenvalue weighted by atomic mass is 9.80. The fourth-order valence-electron chi connectivity index (χ4n) is 3.15. The molecule has 0 aromatic heterocycles. The van der Waals surface area contributed by atoms with Gasteiger partial charge in [0.1, 0.15) is 5.41 Å². The van der Waals surface area contributed by atoms with Crippen LogP contribution in [0.1, 0.15) is 44.9 Å². The minimum Gasteiger partial charge on any atom is -0.340 e. The van der Waals surface area contributed by atoms with E-state index in [0.717, 1.165) is 25.7 Å². The van der Waals surface area contributed by atoms with E-state index in [0.29, 0.717) is 25.8 Å². The van der Waals surface area contributed by atoms with E-state index in [4.69, 9.17) is 0 Å². The summed E-state index contributed by atoms with van der Waals surface area (Å²) in [6.07, 6.45) is 5.68. The normalized spacial score (nSPS) is 26.1. The van der Waals surface area contributed by atoms with Gasteiger partial charge < -0.3 is 4.90 Å². The summed E-state index contributed by atoms with van der Waals surface area (Å²) in [5.74, 6) is 0.0374. The van der Waals surface area contributed by atoms with Crippen molar-refractivity contribution in [1.29, 1.82) is 5.26 Å². The van der Waals surface area contributed by atoms with Crippen molar-refractivity contribution in [3.05, 3.63) is 0 Å². The van der Waals surface area contributed by atoms with Gasteiger partial charge in [0.05, 0.1) is 17.6 Å². The number of hydrogen-bond acceptors (Lipinski definition) is 4. The molecule has 2 aliphatic rings. The van der Waals surface area contributed by atoms with Crippen molar-refractivity contribution in [3.8, 4) is 6.07 Å². The van der Waals surface area contributed by atoms with Crippen molar-refractivity contribution in [2.24, 2.45) is 5.41 Å². The van der Waals surface area contributed by atoms with Crippen molar-refractivity contribution in [3.63, 3.8) is 0 Å². The molecule has 1 aliphatic heterocycles. The minimum atomic E-state index is -3.03. The van der Waals surface area contributed by atoms with Gasteiger partial charge in [-0.2, -0.15) is 5.26 Å². The molecule has 2 fully saturated rings. The van der Waals surface area contributed by atoms with Gasteiger partial charge in [0.15, 0.2) is 9.84 Å². The van der Waals surface area contributed by atoms with Crippen LogP contribution >= 0.6 is 0 Å². The number of hydrogen-bond donors (Lipinski definition) is 0. The van der Waals surface area contributed by atoms with Gasteiger partial charge >= 0.3 is 0 Å². The lowest BCUT2D eigenvalue weighted by Crippen LogP contribution is -2.44. The van der Waals surface area contributed by atoms with Gasteiger partial charge in [0.25, 0.3) is 0 Å². The molecule has 0 spiro atoms. The average Bonchev–Trinajstić information content (AvgIpc) is 2.76. The van der Waals surface area contributed by atoms with Crippen molar-refractivity contribution in [2.45, 2.75) is 44.9 Å². The molecule has 6 heteroatoms. The van der Waals surface area contributed by atoms with Gasteiger partial charge in [-0.1, -0.05) is 25.7 Å². The summed E-state index contributed by atoms with van der Waals surface area (Å²) in [5, 5.41) is 9.52. The first-order valence-corrected chi connectivity index (χ1v) is 9.22. The molecule has 0 N–H and O–H groups in total. The number of sulfone groups is 1. The third kappa shape index (κ3) is 3.32. The Kier molecular flexibility index (Phi) is 4.69. The number of nitrogens with zero attached hydrogens (tertiary/aromatic N) is 2. The van der Waals surface area contributed by atoms with Crippen molar-refractivity contribution < 1.29 is 13.2 Å². The summed E-state index contributed by atoms with van der Waals surface area (Å²) in [6.45, 7) is 0.700. The fourth-order valence-corrected chi connectivity index (χ4v) is 4.42. The highest BCUT2D eigenvalue weighted by atomic mass is 32.2. The summed E-state index contributed by atoms with van der Waals surface area (Å²) in [7, 11) is -3.03. The summed E-state index contributed by atoms with van der Waals surface area (Å²) >= 11 is 0. The molecule has 112 valence electrons. The molecule has 0 aromatic carbocycles. The Hall–Kier alpha value is -1.09.